The SMILES string of the molecule is CSC1=C(SC)SC(=C2SC3=C(S2)SC(=C2SC4=C(SCSC5=C(SCS4)SC(=C4SC6=C(SC(=C7SC(SC)=C(SC)S7)S6)S4)S5)S2)S3)S1. The van der Waals surface area contributed by atoms with Crippen LogP contribution in [0.1, 0.15) is 0 Å². The summed E-state index contributed by atoms with van der Waals surface area (Å²) in [4.78, 5) is 0. The van der Waals surface area contributed by atoms with E-state index in [2.05, 4.69) is 72.1 Å². The molecule has 0 radical (unpaired) electrons. The van der Waals surface area contributed by atoms with Crippen LogP contribution in [0, 0.1) is 0 Å². The highest BCUT2D eigenvalue weighted by Crippen LogP contribution is 2.75. The summed E-state index contributed by atoms with van der Waals surface area (Å²) in [5, 5.41) is 2.14. The predicted octanol–water partition coefficient (Wildman–Crippen LogP) is 19.4. The molecule has 0 spiro atoms. The first-order chi connectivity index (χ1) is 24.5. The van der Waals surface area contributed by atoms with Crippen LogP contribution in [0.2, 0.25) is 0 Å². The van der Waals surface area contributed by atoms with Crippen LogP contribution in [0.25, 0.3) is 0 Å². The molecule has 0 atom stereocenters. The minimum absolute atomic E-state index is 1.07. The molecular formula is C26H16S24. The van der Waals surface area contributed by atoms with E-state index in [0.29, 0.717) is 0 Å². The Morgan fingerprint density at radius 2 is 0.400 bits per heavy atom. The monoisotopic (exact) mass is 1100 g/mol. The fourth-order valence-electron chi connectivity index (χ4n) is 4.06. The second-order valence-electron chi connectivity index (χ2n) is 9.01. The average molecular weight is 1100 g/mol. The van der Waals surface area contributed by atoms with E-state index in [1.165, 1.54) is 84.7 Å². The van der Waals surface area contributed by atoms with Crippen molar-refractivity contribution in [3.05, 3.63) is 84.7 Å². The van der Waals surface area contributed by atoms with Crippen molar-refractivity contribution in [3.8, 4) is 0 Å². The van der Waals surface area contributed by atoms with Gasteiger partial charge in [-0.05, 0) is 25.0 Å². The lowest BCUT2D eigenvalue weighted by Gasteiger charge is -2.09. The molecule has 24 heteroatoms. The maximum Gasteiger partial charge on any atom is 0.0718 e. The van der Waals surface area contributed by atoms with Crippen molar-refractivity contribution in [2.24, 2.45) is 0 Å². The standard InChI is InChI=1S/C26H16S24/c1-27-7-8(28-2)36-15(35-7)19-43-23-24(44-19)48-21(47-23)17-39-11-12(40-17)32-6-34-14-13(33-5-31-11)41-18(42-14)22-49-25-26(50-22)46-20(45-25)16-37-9(29-3)10(30-4)38-16/h5-6H2,1-4H3. The number of hydrogen-bond acceptors (Lipinski definition) is 24. The molecule has 9 aliphatic heterocycles. The Balaban J connectivity index is 0.783. The molecule has 0 unspecified atom stereocenters. The van der Waals surface area contributed by atoms with Crippen LogP contribution in [-0.4, -0.2) is 35.2 Å². The molecule has 0 aromatic rings. The van der Waals surface area contributed by atoms with Crippen LogP contribution in [0.15, 0.2) is 84.7 Å². The van der Waals surface area contributed by atoms with Gasteiger partial charge in [0.15, 0.2) is 0 Å². The maximum atomic E-state index is 2.20. The lowest BCUT2D eigenvalue weighted by molar-refractivity contribution is 2.15. The van der Waals surface area contributed by atoms with Crippen LogP contribution in [0.4, 0.5) is 0 Å². The van der Waals surface area contributed by atoms with Gasteiger partial charge in [-0.2, -0.15) is 0 Å². The van der Waals surface area contributed by atoms with Crippen molar-refractivity contribution in [3.63, 3.8) is 0 Å². The topological polar surface area (TPSA) is 0 Å². The Morgan fingerprint density at radius 1 is 0.240 bits per heavy atom. The molecule has 0 aromatic carbocycles. The Hall–Kier alpha value is 5.80. The third-order valence-corrected chi connectivity index (χ3v) is 41.2. The fourth-order valence-corrected chi connectivity index (χ4v) is 40.7. The second kappa shape index (κ2) is 18.8. The molecule has 9 rings (SSSR count). The third-order valence-electron chi connectivity index (χ3n) is 6.13. The number of hydrogen-bond donors (Lipinski definition) is 0. The van der Waals surface area contributed by atoms with Gasteiger partial charge < -0.3 is 0 Å². The normalized spacial score (nSPS) is 26.2. The Labute approximate surface area is 395 Å². The summed E-state index contributed by atoms with van der Waals surface area (Å²) < 4.78 is 29.7. The van der Waals surface area contributed by atoms with E-state index in [1.54, 1.807) is 0 Å². The highest BCUT2D eigenvalue weighted by Gasteiger charge is 2.39. The van der Waals surface area contributed by atoms with Gasteiger partial charge in [0.1, 0.15) is 0 Å². The summed E-state index contributed by atoms with van der Waals surface area (Å²) in [7, 11) is 0. The van der Waals surface area contributed by atoms with Gasteiger partial charge in [-0.15, -0.1) is 94.1 Å². The Bertz CT molecular complexity index is 1650. The first kappa shape index (κ1) is 41.2. The summed E-state index contributed by atoms with van der Waals surface area (Å²) in [6.45, 7) is 0. The summed E-state index contributed by atoms with van der Waals surface area (Å²) in [6, 6.07) is 0. The van der Waals surface area contributed by atoms with Gasteiger partial charge in [0, 0.05) is 10.2 Å². The summed E-state index contributed by atoms with van der Waals surface area (Å²) in [5.41, 5.74) is 0. The van der Waals surface area contributed by atoms with Gasteiger partial charge >= 0.3 is 0 Å². The molecule has 50 heavy (non-hydrogen) atoms. The van der Waals surface area contributed by atoms with E-state index in [1.807, 2.05) is 235 Å². The van der Waals surface area contributed by atoms with Gasteiger partial charge in [-0.1, -0.05) is 188 Å². The summed E-state index contributed by atoms with van der Waals surface area (Å²) in [5.74, 6) is 0. The summed E-state index contributed by atoms with van der Waals surface area (Å²) in [6.07, 6.45) is 8.79. The Morgan fingerprint density at radius 3 is 0.580 bits per heavy atom. The minimum atomic E-state index is 1.07. The van der Waals surface area contributed by atoms with E-state index in [0.717, 1.165) is 10.2 Å². The second-order valence-corrected chi connectivity index (χ2v) is 38.4. The molecule has 264 valence electrons. The first-order valence-corrected chi connectivity index (χ1v) is 35.4. The maximum absolute atomic E-state index is 2.20. The predicted molar refractivity (Wildman–Crippen MR) is 286 cm³/mol. The molecule has 0 saturated heterocycles. The Kier molecular flexibility index (Phi) is 15.5. The van der Waals surface area contributed by atoms with Gasteiger partial charge in [0.25, 0.3) is 0 Å². The van der Waals surface area contributed by atoms with Gasteiger partial charge in [-0.25, -0.2) is 0 Å². The quantitative estimate of drug-likeness (QED) is 0.262. The van der Waals surface area contributed by atoms with Crippen molar-refractivity contribution in [1.82, 2.24) is 0 Å². The van der Waals surface area contributed by atoms with Crippen molar-refractivity contribution >= 4 is 282 Å². The van der Waals surface area contributed by atoms with Gasteiger partial charge in [0.2, 0.25) is 0 Å². The number of rotatable bonds is 4. The third kappa shape index (κ3) is 8.90. The zero-order chi connectivity index (χ0) is 33.9. The number of thioether (sulfide) groups is 24. The zero-order valence-corrected chi connectivity index (χ0v) is 44.8. The molecule has 0 aliphatic carbocycles. The highest BCUT2D eigenvalue weighted by molar-refractivity contribution is 8.53. The molecule has 0 aromatic heterocycles. The van der Waals surface area contributed by atoms with Crippen LogP contribution in [-0.2, 0) is 0 Å². The zero-order valence-electron chi connectivity index (χ0n) is 25.2. The molecule has 0 amide bonds. The van der Waals surface area contributed by atoms with E-state index in [9.17, 15) is 0 Å². The van der Waals surface area contributed by atoms with Crippen molar-refractivity contribution in [2.75, 3.05) is 35.2 Å². The molecular weight excluding hydrogens is 1080 g/mol. The lowest BCUT2D eigenvalue weighted by Crippen LogP contribution is -1.80. The van der Waals surface area contributed by atoms with Crippen molar-refractivity contribution in [1.29, 1.82) is 0 Å². The minimum Gasteiger partial charge on any atom is -0.121 e. The summed E-state index contributed by atoms with van der Waals surface area (Å²) >= 11 is 47.7. The smallest absolute Gasteiger partial charge is 0.0718 e. The van der Waals surface area contributed by atoms with Gasteiger partial charge in [0.05, 0.1) is 84.7 Å². The largest absolute Gasteiger partial charge is 0.121 e. The van der Waals surface area contributed by atoms with Crippen LogP contribution < -0.4 is 0 Å². The first-order valence-electron chi connectivity index (χ1n) is 13.5. The molecule has 0 saturated carbocycles. The molecule has 0 fully saturated rings. The van der Waals surface area contributed by atoms with E-state index >= 15 is 0 Å². The van der Waals surface area contributed by atoms with Gasteiger partial charge in [-0.3, -0.25) is 0 Å². The van der Waals surface area contributed by atoms with E-state index < -0.39 is 0 Å². The molecule has 0 N–H and O–H groups in total. The molecule has 0 bridgehead atoms. The van der Waals surface area contributed by atoms with Crippen LogP contribution >= 0.6 is 282 Å². The molecule has 9 aliphatic rings. The van der Waals surface area contributed by atoms with Crippen LogP contribution in [0.3, 0.4) is 0 Å². The van der Waals surface area contributed by atoms with E-state index in [4.69, 9.17) is 0 Å². The lowest BCUT2D eigenvalue weighted by atomic mass is 11.2. The fraction of sp³-hybridized carbons (Fsp3) is 0.231. The molecule has 0 nitrogen and oxygen atoms in total. The highest BCUT2D eigenvalue weighted by atomic mass is 32.3. The van der Waals surface area contributed by atoms with E-state index in [-0.39, 0.29) is 0 Å². The molecule has 9 heterocycles. The van der Waals surface area contributed by atoms with Crippen LogP contribution in [0.5, 0.6) is 0 Å². The van der Waals surface area contributed by atoms with Crippen molar-refractivity contribution < 1.29 is 0 Å². The average Bonchev–Trinajstić information content (AvgIpc) is 3.96. The van der Waals surface area contributed by atoms with Crippen molar-refractivity contribution in [2.45, 2.75) is 0 Å².